The summed E-state index contributed by atoms with van der Waals surface area (Å²) in [5.41, 5.74) is 3.17. The molecule has 0 radical (unpaired) electrons. The number of aromatic nitrogens is 1. The van der Waals surface area contributed by atoms with Crippen molar-refractivity contribution in [1.29, 1.82) is 0 Å². The molecule has 0 aliphatic carbocycles. The van der Waals surface area contributed by atoms with Crippen LogP contribution in [0, 0.1) is 6.92 Å². The van der Waals surface area contributed by atoms with Crippen LogP contribution >= 0.6 is 11.6 Å². The van der Waals surface area contributed by atoms with Gasteiger partial charge in [0.15, 0.2) is 0 Å². The van der Waals surface area contributed by atoms with E-state index in [2.05, 4.69) is 17.2 Å². The molecule has 0 amide bonds. The lowest BCUT2D eigenvalue weighted by Gasteiger charge is -2.16. The van der Waals surface area contributed by atoms with E-state index < -0.39 is 5.97 Å². The Morgan fingerprint density at radius 1 is 1.32 bits per heavy atom. The molecule has 22 heavy (non-hydrogen) atoms. The predicted octanol–water partition coefficient (Wildman–Crippen LogP) is 3.46. The van der Waals surface area contributed by atoms with Crippen LogP contribution in [0.25, 0.3) is 0 Å². The molecule has 2 aromatic rings. The highest BCUT2D eigenvalue weighted by Gasteiger charge is 2.12. The summed E-state index contributed by atoms with van der Waals surface area (Å²) < 4.78 is 0. The summed E-state index contributed by atoms with van der Waals surface area (Å²) in [5, 5.41) is 13.1. The van der Waals surface area contributed by atoms with Crippen molar-refractivity contribution >= 4 is 17.6 Å². The van der Waals surface area contributed by atoms with Crippen LogP contribution in [0.5, 0.6) is 0 Å². The van der Waals surface area contributed by atoms with Crippen molar-refractivity contribution in [3.8, 4) is 0 Å². The summed E-state index contributed by atoms with van der Waals surface area (Å²) in [4.78, 5) is 15.2. The van der Waals surface area contributed by atoms with Crippen molar-refractivity contribution in [2.24, 2.45) is 0 Å². The number of rotatable bonds is 6. The zero-order valence-electron chi connectivity index (χ0n) is 12.6. The smallest absolute Gasteiger partial charge is 0.335 e. The summed E-state index contributed by atoms with van der Waals surface area (Å²) in [5.74, 6) is -0.887. The van der Waals surface area contributed by atoms with E-state index in [9.17, 15) is 4.79 Å². The molecule has 0 aliphatic heterocycles. The number of hydrogen-bond donors (Lipinski definition) is 2. The molecule has 1 aromatic carbocycles. The molecule has 1 unspecified atom stereocenters. The van der Waals surface area contributed by atoms with E-state index in [4.69, 9.17) is 16.7 Å². The van der Waals surface area contributed by atoms with E-state index in [1.54, 1.807) is 18.3 Å². The second kappa shape index (κ2) is 7.38. The van der Waals surface area contributed by atoms with Gasteiger partial charge in [-0.05, 0) is 43.5 Å². The van der Waals surface area contributed by atoms with Gasteiger partial charge < -0.3 is 10.4 Å². The highest BCUT2D eigenvalue weighted by atomic mass is 35.5. The number of benzene rings is 1. The molecular weight excluding hydrogens is 300 g/mol. The Bertz CT molecular complexity index is 673. The van der Waals surface area contributed by atoms with E-state index in [1.165, 1.54) is 0 Å². The van der Waals surface area contributed by atoms with Gasteiger partial charge in [0, 0.05) is 24.3 Å². The third-order valence-corrected chi connectivity index (χ3v) is 4.02. The Balaban J connectivity index is 2.01. The molecule has 1 heterocycles. The zero-order valence-corrected chi connectivity index (χ0v) is 13.4. The van der Waals surface area contributed by atoms with Crippen LogP contribution in [0.4, 0.5) is 0 Å². The normalized spacial score (nSPS) is 12.1. The summed E-state index contributed by atoms with van der Waals surface area (Å²) >= 11 is 6.03. The number of nitrogens with one attached hydrogen (secondary N) is 1. The van der Waals surface area contributed by atoms with Gasteiger partial charge >= 0.3 is 5.97 Å². The van der Waals surface area contributed by atoms with Gasteiger partial charge in [-0.3, -0.25) is 0 Å². The molecule has 4 nitrogen and oxygen atoms in total. The fourth-order valence-corrected chi connectivity index (χ4v) is 2.56. The molecular formula is C17H19ClN2O2. The zero-order chi connectivity index (χ0) is 16.1. The van der Waals surface area contributed by atoms with Crippen molar-refractivity contribution in [3.05, 3.63) is 63.9 Å². The van der Waals surface area contributed by atoms with Crippen LogP contribution in [-0.4, -0.2) is 22.1 Å². The Kier molecular flexibility index (Phi) is 5.52. The van der Waals surface area contributed by atoms with Gasteiger partial charge in [0.05, 0.1) is 5.56 Å². The number of halogens is 1. The fraction of sp³-hybridized carbons (Fsp3) is 0.294. The number of nitrogens with zero attached hydrogens (tertiary/aromatic N) is 1. The molecule has 0 spiro atoms. The number of carboxylic acid groups (broad SMARTS) is 1. The van der Waals surface area contributed by atoms with Gasteiger partial charge in [0.2, 0.25) is 0 Å². The maximum Gasteiger partial charge on any atom is 0.335 e. The summed E-state index contributed by atoms with van der Waals surface area (Å²) in [6.07, 6.45) is 2.42. The van der Waals surface area contributed by atoms with Crippen LogP contribution in [-0.2, 0) is 13.0 Å². The van der Waals surface area contributed by atoms with Crippen molar-refractivity contribution in [1.82, 2.24) is 10.3 Å². The maximum absolute atomic E-state index is 11.2. The van der Waals surface area contributed by atoms with Crippen LogP contribution in [0.15, 0.2) is 36.5 Å². The molecule has 0 fully saturated rings. The third-order valence-electron chi connectivity index (χ3n) is 3.68. The first-order chi connectivity index (χ1) is 10.5. The SMILES string of the molecule is Cc1c(CC(C)NCc2cccnc2Cl)cccc1C(=O)O. The van der Waals surface area contributed by atoms with Gasteiger partial charge in [-0.2, -0.15) is 0 Å². The molecule has 2 rings (SSSR count). The Morgan fingerprint density at radius 3 is 2.73 bits per heavy atom. The number of pyridine rings is 1. The number of carboxylic acids is 1. The highest BCUT2D eigenvalue weighted by Crippen LogP contribution is 2.16. The predicted molar refractivity (Wildman–Crippen MR) is 87.4 cm³/mol. The monoisotopic (exact) mass is 318 g/mol. The van der Waals surface area contributed by atoms with Crippen molar-refractivity contribution in [2.75, 3.05) is 0 Å². The number of carbonyl (C=O) groups is 1. The molecule has 1 atom stereocenters. The highest BCUT2D eigenvalue weighted by molar-refractivity contribution is 6.30. The Hall–Kier alpha value is -1.91. The van der Waals surface area contributed by atoms with E-state index in [0.29, 0.717) is 17.3 Å². The lowest BCUT2D eigenvalue weighted by molar-refractivity contribution is 0.0696. The van der Waals surface area contributed by atoms with E-state index >= 15 is 0 Å². The van der Waals surface area contributed by atoms with Crippen LogP contribution in [0.2, 0.25) is 5.15 Å². The maximum atomic E-state index is 11.2. The summed E-state index contributed by atoms with van der Waals surface area (Å²) in [6, 6.07) is 9.38. The van der Waals surface area contributed by atoms with Crippen molar-refractivity contribution in [3.63, 3.8) is 0 Å². The standard InChI is InChI=1S/C17H19ClN2O2/c1-11(20-10-14-6-4-8-19-16(14)18)9-13-5-3-7-15(12(13)2)17(21)22/h3-8,11,20H,9-10H2,1-2H3,(H,21,22). The molecule has 1 aromatic heterocycles. The van der Waals surface area contributed by atoms with E-state index in [-0.39, 0.29) is 6.04 Å². The topological polar surface area (TPSA) is 62.2 Å². The van der Waals surface area contributed by atoms with Gasteiger partial charge in [-0.25, -0.2) is 9.78 Å². The summed E-state index contributed by atoms with van der Waals surface area (Å²) in [7, 11) is 0. The van der Waals surface area contributed by atoms with Crippen LogP contribution in [0.1, 0.15) is 34.0 Å². The molecule has 0 bridgehead atoms. The van der Waals surface area contributed by atoms with Crippen LogP contribution < -0.4 is 5.32 Å². The second-order valence-corrected chi connectivity index (χ2v) is 5.69. The lowest BCUT2D eigenvalue weighted by atomic mass is 9.97. The minimum atomic E-state index is -0.887. The largest absolute Gasteiger partial charge is 0.478 e. The Morgan fingerprint density at radius 2 is 2.05 bits per heavy atom. The molecule has 5 heteroatoms. The summed E-state index contributed by atoms with van der Waals surface area (Å²) in [6.45, 7) is 4.55. The average molecular weight is 319 g/mol. The average Bonchev–Trinajstić information content (AvgIpc) is 2.48. The van der Waals surface area contributed by atoms with Gasteiger partial charge in [0.1, 0.15) is 5.15 Å². The first-order valence-electron chi connectivity index (χ1n) is 7.13. The van der Waals surface area contributed by atoms with Gasteiger partial charge in [0.25, 0.3) is 0 Å². The fourth-order valence-electron chi connectivity index (χ4n) is 2.37. The van der Waals surface area contributed by atoms with Crippen molar-refractivity contribution in [2.45, 2.75) is 32.9 Å². The number of aromatic carboxylic acids is 1. The van der Waals surface area contributed by atoms with E-state index in [0.717, 1.165) is 23.1 Å². The molecule has 0 aliphatic rings. The lowest BCUT2D eigenvalue weighted by Crippen LogP contribution is -2.28. The second-order valence-electron chi connectivity index (χ2n) is 5.33. The minimum absolute atomic E-state index is 0.194. The minimum Gasteiger partial charge on any atom is -0.478 e. The first kappa shape index (κ1) is 16.5. The van der Waals surface area contributed by atoms with Crippen LogP contribution in [0.3, 0.4) is 0 Å². The number of hydrogen-bond acceptors (Lipinski definition) is 3. The third kappa shape index (κ3) is 4.06. The molecule has 0 saturated heterocycles. The molecule has 116 valence electrons. The quantitative estimate of drug-likeness (QED) is 0.801. The Labute approximate surface area is 135 Å². The molecule has 0 saturated carbocycles. The van der Waals surface area contributed by atoms with Gasteiger partial charge in [-0.1, -0.05) is 29.8 Å². The first-order valence-corrected chi connectivity index (χ1v) is 7.51. The molecule has 2 N–H and O–H groups in total. The van der Waals surface area contributed by atoms with Crippen molar-refractivity contribution < 1.29 is 9.90 Å². The van der Waals surface area contributed by atoms with Gasteiger partial charge in [-0.15, -0.1) is 0 Å². The van der Waals surface area contributed by atoms with E-state index in [1.807, 2.05) is 25.1 Å².